The van der Waals surface area contributed by atoms with E-state index >= 15 is 0 Å². The van der Waals surface area contributed by atoms with E-state index in [2.05, 4.69) is 0 Å². The van der Waals surface area contributed by atoms with Gasteiger partial charge in [-0.1, -0.05) is 0 Å². The molecule has 3 heteroatoms. The zero-order valence-electron chi connectivity index (χ0n) is 5.68. The van der Waals surface area contributed by atoms with E-state index in [1.54, 1.807) is 0 Å². The van der Waals surface area contributed by atoms with Crippen LogP contribution in [0.4, 0.5) is 4.39 Å². The Morgan fingerprint density at radius 1 is 1.56 bits per heavy atom. The first-order chi connectivity index (χ1) is 4.18. The zero-order valence-corrected chi connectivity index (χ0v) is 5.68. The molecule has 1 fully saturated rings. The zero-order chi connectivity index (χ0) is 6.85. The summed E-state index contributed by atoms with van der Waals surface area (Å²) in [5.41, 5.74) is 5.53. The van der Waals surface area contributed by atoms with Gasteiger partial charge in [-0.15, -0.1) is 0 Å². The summed E-state index contributed by atoms with van der Waals surface area (Å²) in [6, 6.07) is 0.0405. The van der Waals surface area contributed by atoms with Crippen molar-refractivity contribution in [1.29, 1.82) is 0 Å². The molecule has 0 aromatic heterocycles. The Bertz CT molecular complexity index is 72.0. The minimum Gasteiger partial charge on any atom is -0.326 e. The van der Waals surface area contributed by atoms with Crippen molar-refractivity contribution < 1.29 is 4.39 Å². The number of hydrogen-bond acceptors (Lipinski definition) is 2. The van der Waals surface area contributed by atoms with Gasteiger partial charge in [0.1, 0.15) is 6.17 Å². The molecule has 1 saturated heterocycles. The highest BCUT2D eigenvalue weighted by Gasteiger charge is 2.21. The van der Waals surface area contributed by atoms with E-state index < -0.39 is 6.17 Å². The molecule has 0 unspecified atom stereocenters. The number of halogens is 1. The number of nitrogens with zero attached hydrogens (tertiary/aromatic N) is 1. The molecule has 1 aliphatic rings. The fourth-order valence-corrected chi connectivity index (χ4v) is 1.29. The van der Waals surface area contributed by atoms with Crippen molar-refractivity contribution in [3.05, 3.63) is 0 Å². The third-order valence-corrected chi connectivity index (χ3v) is 1.61. The van der Waals surface area contributed by atoms with Gasteiger partial charge in [0.25, 0.3) is 0 Å². The Labute approximate surface area is 54.8 Å². The lowest BCUT2D eigenvalue weighted by Crippen LogP contribution is -2.45. The molecule has 0 bridgehead atoms. The second kappa shape index (κ2) is 2.62. The van der Waals surface area contributed by atoms with Gasteiger partial charge in [0, 0.05) is 19.1 Å². The number of nitrogens with two attached hydrogens (primary N) is 1. The van der Waals surface area contributed by atoms with Crippen molar-refractivity contribution in [2.45, 2.75) is 18.6 Å². The van der Waals surface area contributed by atoms with Crippen LogP contribution in [0, 0.1) is 0 Å². The molecule has 0 aromatic carbocycles. The molecule has 0 saturated carbocycles. The molecule has 0 spiro atoms. The van der Waals surface area contributed by atoms with Gasteiger partial charge in [-0.3, -0.25) is 0 Å². The SMILES string of the molecule is CN1C[C@H](N)C[C@H](F)C1. The van der Waals surface area contributed by atoms with Gasteiger partial charge in [-0.2, -0.15) is 0 Å². The molecule has 2 N–H and O–H groups in total. The minimum atomic E-state index is -0.709. The molecule has 0 radical (unpaired) electrons. The highest BCUT2D eigenvalue weighted by Crippen LogP contribution is 2.09. The largest absolute Gasteiger partial charge is 0.326 e. The van der Waals surface area contributed by atoms with Gasteiger partial charge in [0.05, 0.1) is 0 Å². The summed E-state index contributed by atoms with van der Waals surface area (Å²) < 4.78 is 12.6. The Morgan fingerprint density at radius 2 is 2.22 bits per heavy atom. The predicted octanol–water partition coefficient (Wildman–Crippen LogP) is -0.0127. The number of hydrogen-bond donors (Lipinski definition) is 1. The van der Waals surface area contributed by atoms with Gasteiger partial charge in [0.2, 0.25) is 0 Å². The molecule has 1 aliphatic heterocycles. The van der Waals surface area contributed by atoms with E-state index in [0.29, 0.717) is 13.0 Å². The predicted molar refractivity (Wildman–Crippen MR) is 35.0 cm³/mol. The summed E-state index contributed by atoms with van der Waals surface area (Å²) in [5.74, 6) is 0. The Morgan fingerprint density at radius 3 is 2.67 bits per heavy atom. The average molecular weight is 132 g/mol. The van der Waals surface area contributed by atoms with Gasteiger partial charge in [-0.25, -0.2) is 4.39 Å². The second-order valence-corrected chi connectivity index (χ2v) is 2.81. The molecule has 2 atom stereocenters. The maximum absolute atomic E-state index is 12.6. The third-order valence-electron chi connectivity index (χ3n) is 1.61. The lowest BCUT2D eigenvalue weighted by molar-refractivity contribution is 0.147. The number of likely N-dealkylation sites (tertiary alicyclic amines) is 1. The van der Waals surface area contributed by atoms with Crippen molar-refractivity contribution in [2.75, 3.05) is 20.1 Å². The molecule has 0 amide bonds. The summed E-state index contributed by atoms with van der Waals surface area (Å²) in [6.45, 7) is 1.38. The van der Waals surface area contributed by atoms with Crippen molar-refractivity contribution in [2.24, 2.45) is 5.73 Å². The first-order valence-corrected chi connectivity index (χ1v) is 3.26. The third kappa shape index (κ3) is 1.91. The van der Waals surface area contributed by atoms with Gasteiger partial charge in [0.15, 0.2) is 0 Å². The number of likely N-dealkylation sites (N-methyl/N-ethyl adjacent to an activating group) is 1. The van der Waals surface area contributed by atoms with Crippen molar-refractivity contribution >= 4 is 0 Å². The van der Waals surface area contributed by atoms with Crippen LogP contribution in [0.2, 0.25) is 0 Å². The summed E-state index contributed by atoms with van der Waals surface area (Å²) >= 11 is 0. The number of alkyl halides is 1. The summed E-state index contributed by atoms with van der Waals surface area (Å²) in [7, 11) is 1.89. The Hall–Kier alpha value is -0.150. The van der Waals surface area contributed by atoms with E-state index in [1.807, 2.05) is 11.9 Å². The van der Waals surface area contributed by atoms with Gasteiger partial charge in [-0.05, 0) is 13.5 Å². The van der Waals surface area contributed by atoms with Crippen LogP contribution in [0.3, 0.4) is 0 Å². The molecule has 1 heterocycles. The fraction of sp³-hybridized carbons (Fsp3) is 1.00. The van der Waals surface area contributed by atoms with Crippen LogP contribution in [0.1, 0.15) is 6.42 Å². The van der Waals surface area contributed by atoms with Crippen LogP contribution in [0.25, 0.3) is 0 Å². The maximum atomic E-state index is 12.6. The highest BCUT2D eigenvalue weighted by molar-refractivity contribution is 4.78. The molecule has 54 valence electrons. The minimum absolute atomic E-state index is 0.0405. The van der Waals surface area contributed by atoms with Crippen LogP contribution >= 0.6 is 0 Å². The topological polar surface area (TPSA) is 29.3 Å². The number of piperidine rings is 1. The molecule has 1 rings (SSSR count). The first kappa shape index (κ1) is 6.96. The normalized spacial score (nSPS) is 39.0. The summed E-state index contributed by atoms with van der Waals surface area (Å²) in [6.07, 6.45) is -0.177. The summed E-state index contributed by atoms with van der Waals surface area (Å²) in [4.78, 5) is 1.93. The second-order valence-electron chi connectivity index (χ2n) is 2.81. The van der Waals surface area contributed by atoms with E-state index in [4.69, 9.17) is 5.73 Å². The first-order valence-electron chi connectivity index (χ1n) is 3.26. The molecule has 9 heavy (non-hydrogen) atoms. The Balaban J connectivity index is 2.34. The van der Waals surface area contributed by atoms with Crippen molar-refractivity contribution in [3.63, 3.8) is 0 Å². The standard InChI is InChI=1S/C6H13FN2/c1-9-3-5(7)2-6(8)4-9/h5-6H,2-4,8H2,1H3/t5-,6+/m0/s1. The van der Waals surface area contributed by atoms with Crippen LogP contribution in [-0.4, -0.2) is 37.3 Å². The van der Waals surface area contributed by atoms with Crippen molar-refractivity contribution in [3.8, 4) is 0 Å². The Kier molecular flexibility index (Phi) is 2.03. The van der Waals surface area contributed by atoms with E-state index in [9.17, 15) is 4.39 Å². The molecular weight excluding hydrogens is 119 g/mol. The molecule has 0 aromatic rings. The molecule has 0 aliphatic carbocycles. The highest BCUT2D eigenvalue weighted by atomic mass is 19.1. The lowest BCUT2D eigenvalue weighted by atomic mass is 10.1. The summed E-state index contributed by atoms with van der Waals surface area (Å²) in [5, 5.41) is 0. The molecule has 2 nitrogen and oxygen atoms in total. The quantitative estimate of drug-likeness (QED) is 0.502. The van der Waals surface area contributed by atoms with Crippen LogP contribution in [-0.2, 0) is 0 Å². The van der Waals surface area contributed by atoms with Crippen LogP contribution in [0.5, 0.6) is 0 Å². The van der Waals surface area contributed by atoms with Crippen LogP contribution < -0.4 is 5.73 Å². The van der Waals surface area contributed by atoms with Gasteiger partial charge >= 0.3 is 0 Å². The van der Waals surface area contributed by atoms with Crippen molar-refractivity contribution in [1.82, 2.24) is 4.90 Å². The number of rotatable bonds is 0. The average Bonchev–Trinajstić information content (AvgIpc) is 1.59. The smallest absolute Gasteiger partial charge is 0.114 e. The monoisotopic (exact) mass is 132 g/mol. The van der Waals surface area contributed by atoms with Gasteiger partial charge < -0.3 is 10.6 Å². The van der Waals surface area contributed by atoms with Crippen LogP contribution in [0.15, 0.2) is 0 Å². The lowest BCUT2D eigenvalue weighted by Gasteiger charge is -2.29. The fourth-order valence-electron chi connectivity index (χ4n) is 1.29. The maximum Gasteiger partial charge on any atom is 0.114 e. The van der Waals surface area contributed by atoms with E-state index in [0.717, 1.165) is 6.54 Å². The van der Waals surface area contributed by atoms with E-state index in [-0.39, 0.29) is 6.04 Å². The van der Waals surface area contributed by atoms with E-state index in [1.165, 1.54) is 0 Å². The molecular formula is C6H13FN2.